The third kappa shape index (κ3) is 5.44. The smallest absolute Gasteiger partial charge is 0.410 e. The molecular formula is C23H28N2O5S. The number of nitrogens with one attached hydrogen (secondary N) is 1. The van der Waals surface area contributed by atoms with Crippen LogP contribution in [0, 0.1) is 0 Å². The van der Waals surface area contributed by atoms with Crippen LogP contribution in [0.25, 0.3) is 0 Å². The van der Waals surface area contributed by atoms with Crippen LogP contribution >= 0.6 is 11.3 Å². The van der Waals surface area contributed by atoms with E-state index in [-0.39, 0.29) is 25.0 Å². The molecule has 0 unspecified atom stereocenters. The van der Waals surface area contributed by atoms with Crippen molar-refractivity contribution < 1.29 is 23.9 Å². The Morgan fingerprint density at radius 3 is 2.35 bits per heavy atom. The molecule has 2 aromatic rings. The summed E-state index contributed by atoms with van der Waals surface area (Å²) in [5, 5.41) is 3.37. The van der Waals surface area contributed by atoms with Crippen molar-refractivity contribution in [2.45, 2.75) is 46.6 Å². The highest BCUT2D eigenvalue weighted by Gasteiger charge is 2.31. The van der Waals surface area contributed by atoms with E-state index in [9.17, 15) is 14.4 Å². The number of benzene rings is 1. The molecular weight excluding hydrogens is 416 g/mol. The summed E-state index contributed by atoms with van der Waals surface area (Å²) in [5.74, 6) is -0.650. The number of amides is 2. The molecule has 1 aliphatic rings. The second-order valence-corrected chi connectivity index (χ2v) is 8.30. The summed E-state index contributed by atoms with van der Waals surface area (Å²) in [6.07, 6.45) is 1.29. The second kappa shape index (κ2) is 10.4. The van der Waals surface area contributed by atoms with Crippen LogP contribution in [0.1, 0.15) is 52.7 Å². The minimum absolute atomic E-state index is 0.198. The van der Waals surface area contributed by atoms with E-state index in [1.807, 2.05) is 24.3 Å². The molecule has 0 bridgehead atoms. The number of nitrogens with zero attached hydrogens (tertiary/aromatic N) is 1. The van der Waals surface area contributed by atoms with Crippen molar-refractivity contribution in [3.05, 3.63) is 51.4 Å². The highest BCUT2D eigenvalue weighted by atomic mass is 32.1. The highest BCUT2D eigenvalue weighted by Crippen LogP contribution is 2.38. The van der Waals surface area contributed by atoms with Crippen molar-refractivity contribution in [1.29, 1.82) is 0 Å². The molecule has 1 aromatic heterocycles. The number of anilines is 1. The maximum Gasteiger partial charge on any atom is 0.410 e. The van der Waals surface area contributed by atoms with Gasteiger partial charge in [-0.2, -0.15) is 0 Å². The molecule has 1 aliphatic heterocycles. The van der Waals surface area contributed by atoms with Crippen molar-refractivity contribution >= 4 is 34.3 Å². The number of carbonyl (C=O) groups is 3. The minimum Gasteiger partial charge on any atom is -0.462 e. The molecule has 166 valence electrons. The lowest BCUT2D eigenvalue weighted by Gasteiger charge is -2.26. The van der Waals surface area contributed by atoms with Crippen LogP contribution in [0.2, 0.25) is 0 Å². The first kappa shape index (κ1) is 22.8. The summed E-state index contributed by atoms with van der Waals surface area (Å²) < 4.78 is 10.3. The quantitative estimate of drug-likeness (QED) is 0.648. The molecule has 0 saturated carbocycles. The van der Waals surface area contributed by atoms with Gasteiger partial charge in [0.25, 0.3) is 0 Å². The number of ether oxygens (including phenoxy) is 2. The molecule has 2 amide bonds. The number of fused-ring (bicyclic) bond motifs is 1. The van der Waals surface area contributed by atoms with E-state index in [4.69, 9.17) is 9.47 Å². The summed E-state index contributed by atoms with van der Waals surface area (Å²) in [6, 6.07) is 7.92. The SMILES string of the molecule is CCOC(=O)c1c(NC(=O)Cc2ccc(CC)cc2)sc2c1CCN(C(=O)OCC)C2. The van der Waals surface area contributed by atoms with Crippen LogP contribution in [0.3, 0.4) is 0 Å². The van der Waals surface area contributed by atoms with Crippen LogP contribution in [0.5, 0.6) is 0 Å². The molecule has 2 heterocycles. The predicted octanol–water partition coefficient (Wildman–Crippen LogP) is 4.18. The lowest BCUT2D eigenvalue weighted by Crippen LogP contribution is -2.36. The van der Waals surface area contributed by atoms with E-state index in [1.165, 1.54) is 16.9 Å². The molecule has 0 aliphatic carbocycles. The Bertz CT molecular complexity index is 952. The Hall–Kier alpha value is -2.87. The summed E-state index contributed by atoms with van der Waals surface area (Å²) in [6.45, 7) is 6.95. The average Bonchev–Trinajstić information content (AvgIpc) is 3.11. The van der Waals surface area contributed by atoms with E-state index in [1.54, 1.807) is 18.7 Å². The van der Waals surface area contributed by atoms with Crippen molar-refractivity contribution in [1.82, 2.24) is 4.90 Å². The van der Waals surface area contributed by atoms with Crippen LogP contribution in [-0.4, -0.2) is 42.6 Å². The summed E-state index contributed by atoms with van der Waals surface area (Å²) in [5.41, 5.74) is 3.36. The Morgan fingerprint density at radius 1 is 1.03 bits per heavy atom. The fourth-order valence-corrected chi connectivity index (χ4v) is 4.80. The monoisotopic (exact) mass is 444 g/mol. The van der Waals surface area contributed by atoms with Gasteiger partial charge in [-0.3, -0.25) is 4.79 Å². The van der Waals surface area contributed by atoms with Gasteiger partial charge < -0.3 is 19.7 Å². The van der Waals surface area contributed by atoms with Crippen molar-refractivity contribution in [2.24, 2.45) is 0 Å². The van der Waals surface area contributed by atoms with E-state index in [0.29, 0.717) is 36.7 Å². The summed E-state index contributed by atoms with van der Waals surface area (Å²) in [7, 11) is 0. The van der Waals surface area contributed by atoms with E-state index >= 15 is 0 Å². The van der Waals surface area contributed by atoms with Crippen molar-refractivity contribution in [2.75, 3.05) is 25.1 Å². The first-order valence-corrected chi connectivity index (χ1v) is 11.4. The average molecular weight is 445 g/mol. The van der Waals surface area contributed by atoms with Gasteiger partial charge >= 0.3 is 12.1 Å². The number of hydrogen-bond donors (Lipinski definition) is 1. The van der Waals surface area contributed by atoms with Gasteiger partial charge in [0.1, 0.15) is 5.00 Å². The molecule has 1 aromatic carbocycles. The predicted molar refractivity (Wildman–Crippen MR) is 120 cm³/mol. The standard InChI is InChI=1S/C23H28N2O5S/c1-4-15-7-9-16(10-8-15)13-19(26)24-21-20(22(27)29-5-2)17-11-12-25(14-18(17)31-21)23(28)30-6-3/h7-10H,4-6,11-14H2,1-3H3,(H,24,26). The number of hydrogen-bond acceptors (Lipinski definition) is 6. The third-order valence-electron chi connectivity index (χ3n) is 5.11. The molecule has 0 spiro atoms. The maximum absolute atomic E-state index is 12.7. The lowest BCUT2D eigenvalue weighted by molar-refractivity contribution is -0.115. The number of esters is 1. The number of aryl methyl sites for hydroxylation is 1. The van der Waals surface area contributed by atoms with E-state index in [0.717, 1.165) is 22.4 Å². The molecule has 0 atom stereocenters. The first-order chi connectivity index (χ1) is 15.0. The number of rotatable bonds is 7. The van der Waals surface area contributed by atoms with Gasteiger partial charge in [-0.25, -0.2) is 9.59 Å². The van der Waals surface area contributed by atoms with Crippen LogP contribution in [0.4, 0.5) is 9.80 Å². The van der Waals surface area contributed by atoms with Crippen molar-refractivity contribution in [3.63, 3.8) is 0 Å². The fourth-order valence-electron chi connectivity index (χ4n) is 3.53. The van der Waals surface area contributed by atoms with Gasteiger partial charge in [0, 0.05) is 11.4 Å². The van der Waals surface area contributed by atoms with Gasteiger partial charge in [-0.15, -0.1) is 11.3 Å². The fraction of sp³-hybridized carbons (Fsp3) is 0.435. The van der Waals surface area contributed by atoms with Crippen LogP contribution in [0.15, 0.2) is 24.3 Å². The normalized spacial score (nSPS) is 12.8. The number of thiophene rings is 1. The molecule has 0 radical (unpaired) electrons. The zero-order chi connectivity index (χ0) is 22.4. The topological polar surface area (TPSA) is 84.9 Å². The third-order valence-corrected chi connectivity index (χ3v) is 6.24. The minimum atomic E-state index is -0.452. The van der Waals surface area contributed by atoms with Gasteiger partial charge in [0.2, 0.25) is 5.91 Å². The van der Waals surface area contributed by atoms with Gasteiger partial charge in [-0.05, 0) is 43.4 Å². The summed E-state index contributed by atoms with van der Waals surface area (Å²) >= 11 is 1.32. The molecule has 1 N–H and O–H groups in total. The molecule has 0 fully saturated rings. The lowest BCUT2D eigenvalue weighted by atomic mass is 10.0. The zero-order valence-corrected chi connectivity index (χ0v) is 19.0. The van der Waals surface area contributed by atoms with E-state index in [2.05, 4.69) is 12.2 Å². The Labute approximate surface area is 186 Å². The first-order valence-electron chi connectivity index (χ1n) is 10.6. The van der Waals surface area contributed by atoms with Crippen molar-refractivity contribution in [3.8, 4) is 0 Å². The Kier molecular flexibility index (Phi) is 7.68. The molecule has 3 rings (SSSR count). The number of carbonyl (C=O) groups excluding carboxylic acids is 3. The molecule has 0 saturated heterocycles. The highest BCUT2D eigenvalue weighted by molar-refractivity contribution is 7.17. The van der Waals surface area contributed by atoms with Gasteiger partial charge in [-0.1, -0.05) is 31.2 Å². The molecule has 31 heavy (non-hydrogen) atoms. The Balaban J connectivity index is 1.80. The van der Waals surface area contributed by atoms with Crippen LogP contribution < -0.4 is 5.32 Å². The molecule has 8 heteroatoms. The Morgan fingerprint density at radius 2 is 1.71 bits per heavy atom. The van der Waals surface area contributed by atoms with Gasteiger partial charge in [0.15, 0.2) is 0 Å². The molecule has 7 nitrogen and oxygen atoms in total. The van der Waals surface area contributed by atoms with E-state index < -0.39 is 5.97 Å². The van der Waals surface area contributed by atoms with Crippen LogP contribution in [-0.2, 0) is 40.1 Å². The van der Waals surface area contributed by atoms with Gasteiger partial charge in [0.05, 0.1) is 31.7 Å². The maximum atomic E-state index is 12.7. The zero-order valence-electron chi connectivity index (χ0n) is 18.2. The summed E-state index contributed by atoms with van der Waals surface area (Å²) in [4.78, 5) is 39.9. The second-order valence-electron chi connectivity index (χ2n) is 7.19. The largest absolute Gasteiger partial charge is 0.462 e.